The second-order valence-corrected chi connectivity index (χ2v) is 6.90. The molecule has 26 heavy (non-hydrogen) atoms. The molecular weight excluding hydrogens is 351 g/mol. The van der Waals surface area contributed by atoms with Crippen molar-refractivity contribution in [2.24, 2.45) is 0 Å². The van der Waals surface area contributed by atoms with Crippen molar-refractivity contribution in [3.8, 4) is 0 Å². The molecule has 5 rings (SSSR count). The van der Waals surface area contributed by atoms with Gasteiger partial charge in [-0.2, -0.15) is 0 Å². The van der Waals surface area contributed by atoms with Gasteiger partial charge in [0.25, 0.3) is 5.56 Å². The second kappa shape index (κ2) is 5.67. The number of fused-ring (bicyclic) bond motifs is 6. The predicted molar refractivity (Wildman–Crippen MR) is 100 cm³/mol. The fourth-order valence-electron chi connectivity index (χ4n) is 3.19. The molecule has 0 saturated carbocycles. The van der Waals surface area contributed by atoms with E-state index in [9.17, 15) is 9.18 Å². The molecule has 5 nitrogen and oxygen atoms in total. The standard InChI is InChI=1S/C19H11FN4OS/c20-10-1-2-12-14(9-10)15-13(5-8-22-18(15)25)17-16(12)23-19(24-17)26-11-3-6-21-7-4-11/h1-9H,(H,22,25)(H,23,24). The lowest BCUT2D eigenvalue weighted by Gasteiger charge is -2.05. The molecule has 0 bridgehead atoms. The molecule has 0 unspecified atom stereocenters. The zero-order chi connectivity index (χ0) is 17.7. The van der Waals surface area contributed by atoms with Gasteiger partial charge in [0, 0.05) is 39.6 Å². The third-order valence-electron chi connectivity index (χ3n) is 4.28. The first-order valence-corrected chi connectivity index (χ1v) is 8.72. The molecule has 0 aliphatic rings. The number of hydrogen-bond donors (Lipinski definition) is 2. The summed E-state index contributed by atoms with van der Waals surface area (Å²) in [4.78, 5) is 28.1. The third-order valence-corrected chi connectivity index (χ3v) is 5.18. The molecule has 3 heterocycles. The summed E-state index contributed by atoms with van der Waals surface area (Å²) in [5.41, 5.74) is 1.22. The molecule has 5 aromatic rings. The Balaban J connectivity index is 1.87. The van der Waals surface area contributed by atoms with E-state index in [0.29, 0.717) is 26.8 Å². The van der Waals surface area contributed by atoms with Gasteiger partial charge in [0.1, 0.15) is 5.82 Å². The molecule has 0 aliphatic carbocycles. The first-order chi connectivity index (χ1) is 12.7. The highest BCUT2D eigenvalue weighted by Crippen LogP contribution is 2.35. The van der Waals surface area contributed by atoms with E-state index in [1.165, 1.54) is 23.9 Å². The summed E-state index contributed by atoms with van der Waals surface area (Å²) < 4.78 is 13.8. The van der Waals surface area contributed by atoms with Gasteiger partial charge in [0.05, 0.1) is 16.4 Å². The fourth-order valence-corrected chi connectivity index (χ4v) is 3.96. The minimum atomic E-state index is -0.382. The van der Waals surface area contributed by atoms with Crippen LogP contribution in [0.4, 0.5) is 4.39 Å². The molecule has 3 aromatic heterocycles. The number of aromatic nitrogens is 4. The van der Waals surface area contributed by atoms with Crippen molar-refractivity contribution < 1.29 is 4.39 Å². The minimum absolute atomic E-state index is 0.258. The second-order valence-electron chi connectivity index (χ2n) is 5.84. The van der Waals surface area contributed by atoms with Gasteiger partial charge < -0.3 is 9.97 Å². The Bertz CT molecular complexity index is 1340. The Morgan fingerprint density at radius 3 is 2.69 bits per heavy atom. The van der Waals surface area contributed by atoms with Crippen LogP contribution in [0, 0.1) is 5.82 Å². The van der Waals surface area contributed by atoms with Crippen LogP contribution in [-0.4, -0.2) is 19.9 Å². The largest absolute Gasteiger partial charge is 0.332 e. The number of benzene rings is 2. The van der Waals surface area contributed by atoms with Crippen LogP contribution in [0.5, 0.6) is 0 Å². The summed E-state index contributed by atoms with van der Waals surface area (Å²) >= 11 is 1.47. The van der Waals surface area contributed by atoms with E-state index in [1.807, 2.05) is 12.1 Å². The van der Waals surface area contributed by atoms with Crippen molar-refractivity contribution in [3.05, 3.63) is 71.2 Å². The van der Waals surface area contributed by atoms with Crippen LogP contribution in [0.25, 0.3) is 32.6 Å². The van der Waals surface area contributed by atoms with Crippen molar-refractivity contribution in [1.29, 1.82) is 0 Å². The highest BCUT2D eigenvalue weighted by Gasteiger charge is 2.16. The third kappa shape index (κ3) is 2.28. The van der Waals surface area contributed by atoms with Crippen molar-refractivity contribution in [3.63, 3.8) is 0 Å². The highest BCUT2D eigenvalue weighted by atomic mass is 32.2. The first-order valence-electron chi connectivity index (χ1n) is 7.91. The zero-order valence-corrected chi connectivity index (χ0v) is 14.1. The molecule has 126 valence electrons. The number of nitrogens with one attached hydrogen (secondary N) is 2. The van der Waals surface area contributed by atoms with Crippen LogP contribution in [-0.2, 0) is 0 Å². The number of halogens is 1. The summed E-state index contributed by atoms with van der Waals surface area (Å²) in [6.45, 7) is 0. The number of hydrogen-bond acceptors (Lipinski definition) is 4. The number of H-pyrrole nitrogens is 2. The number of aromatic amines is 2. The summed E-state index contributed by atoms with van der Waals surface area (Å²) in [5, 5.41) is 3.17. The van der Waals surface area contributed by atoms with Gasteiger partial charge >= 0.3 is 0 Å². The van der Waals surface area contributed by atoms with Crippen LogP contribution < -0.4 is 5.56 Å². The smallest absolute Gasteiger partial charge is 0.256 e. The Hall–Kier alpha value is -3.19. The number of rotatable bonds is 2. The van der Waals surface area contributed by atoms with Gasteiger partial charge in [-0.25, -0.2) is 9.37 Å². The average Bonchev–Trinajstić information content (AvgIpc) is 3.06. The molecule has 0 radical (unpaired) electrons. The predicted octanol–water partition coefficient (Wildman–Crippen LogP) is 4.24. The molecule has 7 heteroatoms. The molecular formula is C19H11FN4OS. The van der Waals surface area contributed by atoms with Crippen molar-refractivity contribution in [2.45, 2.75) is 10.1 Å². The lowest BCUT2D eigenvalue weighted by molar-refractivity contribution is 0.630. The van der Waals surface area contributed by atoms with Gasteiger partial charge in [-0.1, -0.05) is 11.8 Å². The van der Waals surface area contributed by atoms with E-state index < -0.39 is 0 Å². The van der Waals surface area contributed by atoms with E-state index in [1.54, 1.807) is 30.7 Å². The molecule has 2 N–H and O–H groups in total. The van der Waals surface area contributed by atoms with Crippen LogP contribution in [0.3, 0.4) is 0 Å². The van der Waals surface area contributed by atoms with Gasteiger partial charge in [-0.15, -0.1) is 0 Å². The SMILES string of the molecule is O=c1[nH]ccc2c3nc(Sc4ccncc4)[nH]c3c3ccc(F)cc3c12. The average molecular weight is 362 g/mol. The van der Waals surface area contributed by atoms with E-state index in [2.05, 4.69) is 15.0 Å². The maximum absolute atomic E-state index is 13.8. The number of nitrogens with zero attached hydrogens (tertiary/aromatic N) is 2. The lowest BCUT2D eigenvalue weighted by Crippen LogP contribution is -2.05. The van der Waals surface area contributed by atoms with Crippen LogP contribution >= 0.6 is 11.8 Å². The first kappa shape index (κ1) is 15.1. The number of pyridine rings is 2. The van der Waals surface area contributed by atoms with Crippen molar-refractivity contribution >= 4 is 44.3 Å². The molecule has 0 atom stereocenters. The van der Waals surface area contributed by atoms with Crippen molar-refractivity contribution in [2.75, 3.05) is 0 Å². The molecule has 0 amide bonds. The van der Waals surface area contributed by atoms with E-state index in [4.69, 9.17) is 4.98 Å². The van der Waals surface area contributed by atoms with Gasteiger partial charge in [0.15, 0.2) is 5.16 Å². The molecule has 0 fully saturated rings. The highest BCUT2D eigenvalue weighted by molar-refractivity contribution is 7.99. The molecule has 2 aromatic carbocycles. The minimum Gasteiger partial charge on any atom is -0.332 e. The monoisotopic (exact) mass is 362 g/mol. The maximum Gasteiger partial charge on any atom is 0.256 e. The van der Waals surface area contributed by atoms with Gasteiger partial charge in [-0.05, 0) is 36.4 Å². The summed E-state index contributed by atoms with van der Waals surface area (Å²) in [6, 6.07) is 10.1. The van der Waals surface area contributed by atoms with Crippen LogP contribution in [0.15, 0.2) is 69.8 Å². The van der Waals surface area contributed by atoms with E-state index in [0.717, 1.165) is 15.8 Å². The van der Waals surface area contributed by atoms with Crippen molar-refractivity contribution in [1.82, 2.24) is 19.9 Å². The maximum atomic E-state index is 13.8. The molecule has 0 aliphatic heterocycles. The Morgan fingerprint density at radius 1 is 1.00 bits per heavy atom. The molecule has 0 spiro atoms. The van der Waals surface area contributed by atoms with Crippen LogP contribution in [0.1, 0.15) is 0 Å². The lowest BCUT2D eigenvalue weighted by atomic mass is 10.0. The fraction of sp³-hybridized carbons (Fsp3) is 0. The van der Waals surface area contributed by atoms with E-state index >= 15 is 0 Å². The molecule has 0 saturated heterocycles. The Morgan fingerprint density at radius 2 is 1.85 bits per heavy atom. The summed E-state index contributed by atoms with van der Waals surface area (Å²) in [5.74, 6) is -0.382. The van der Waals surface area contributed by atoms with Gasteiger partial charge in [0.2, 0.25) is 0 Å². The van der Waals surface area contributed by atoms with Gasteiger partial charge in [-0.3, -0.25) is 9.78 Å². The Labute approximate surface area is 150 Å². The quantitative estimate of drug-likeness (QED) is 0.461. The summed E-state index contributed by atoms with van der Waals surface area (Å²) in [7, 11) is 0. The normalized spacial score (nSPS) is 11.6. The topological polar surface area (TPSA) is 74.4 Å². The van der Waals surface area contributed by atoms with Crippen LogP contribution in [0.2, 0.25) is 0 Å². The van der Waals surface area contributed by atoms with E-state index in [-0.39, 0.29) is 11.4 Å². The Kier molecular flexibility index (Phi) is 3.29. The zero-order valence-electron chi connectivity index (χ0n) is 13.3. The summed E-state index contributed by atoms with van der Waals surface area (Å²) in [6.07, 6.45) is 5.02. The number of imidazole rings is 1.